The largest absolute Gasteiger partial charge is 0.496 e. The van der Waals surface area contributed by atoms with Gasteiger partial charge in [0.1, 0.15) is 22.9 Å². The molecule has 0 aromatic heterocycles. The minimum Gasteiger partial charge on any atom is -0.496 e. The number of carbonyl (C=O) groups is 1. The Kier molecular flexibility index (Phi) is 5.29. The summed E-state index contributed by atoms with van der Waals surface area (Å²) in [7, 11) is 8.07. The maximum Gasteiger partial charge on any atom is 0.241 e. The van der Waals surface area contributed by atoms with Gasteiger partial charge in [-0.1, -0.05) is 0 Å². The van der Waals surface area contributed by atoms with Crippen LogP contribution in [-0.2, 0) is 4.79 Å². The van der Waals surface area contributed by atoms with Crippen LogP contribution in [0, 0.1) is 0 Å². The van der Waals surface area contributed by atoms with Crippen molar-refractivity contribution in [1.82, 2.24) is 4.90 Å². The quantitative estimate of drug-likeness (QED) is 0.840. The molecule has 0 aliphatic rings. The van der Waals surface area contributed by atoms with Crippen LogP contribution < -0.4 is 19.5 Å². The minimum atomic E-state index is -0.0417. The van der Waals surface area contributed by atoms with Crippen LogP contribution in [0.15, 0.2) is 12.1 Å². The first-order valence-electron chi connectivity index (χ1n) is 5.77. The zero-order chi connectivity index (χ0) is 14.4. The predicted molar refractivity (Wildman–Crippen MR) is 73.3 cm³/mol. The van der Waals surface area contributed by atoms with Gasteiger partial charge in [-0.25, -0.2) is 0 Å². The minimum absolute atomic E-state index is 0.0417. The van der Waals surface area contributed by atoms with E-state index >= 15 is 0 Å². The molecule has 1 aromatic rings. The van der Waals surface area contributed by atoms with E-state index in [1.807, 2.05) is 0 Å². The van der Waals surface area contributed by atoms with Gasteiger partial charge in [0, 0.05) is 26.2 Å². The lowest BCUT2D eigenvalue weighted by molar-refractivity contribution is -0.126. The van der Waals surface area contributed by atoms with E-state index in [9.17, 15) is 4.79 Å². The zero-order valence-electron chi connectivity index (χ0n) is 11.9. The molecule has 0 saturated carbocycles. The first-order valence-corrected chi connectivity index (χ1v) is 5.77. The Morgan fingerprint density at radius 1 is 1.11 bits per heavy atom. The van der Waals surface area contributed by atoms with Crippen molar-refractivity contribution in [1.29, 1.82) is 0 Å². The third kappa shape index (κ3) is 3.67. The number of nitrogens with one attached hydrogen (secondary N) is 1. The Hall–Kier alpha value is -2.11. The molecule has 0 aliphatic heterocycles. The van der Waals surface area contributed by atoms with E-state index in [4.69, 9.17) is 14.2 Å². The second kappa shape index (κ2) is 6.72. The highest BCUT2D eigenvalue weighted by atomic mass is 16.5. The molecule has 0 radical (unpaired) electrons. The summed E-state index contributed by atoms with van der Waals surface area (Å²) in [5, 5.41) is 3.02. The molecule has 0 bridgehead atoms. The van der Waals surface area contributed by atoms with Gasteiger partial charge in [0.15, 0.2) is 0 Å². The molecule has 6 heteroatoms. The highest BCUT2D eigenvalue weighted by molar-refractivity contribution is 5.82. The Morgan fingerprint density at radius 3 is 2.00 bits per heavy atom. The van der Waals surface area contributed by atoms with E-state index in [1.165, 1.54) is 4.90 Å². The highest BCUT2D eigenvalue weighted by Gasteiger charge is 2.14. The molecule has 0 heterocycles. The molecular formula is C13H20N2O4. The smallest absolute Gasteiger partial charge is 0.241 e. The number of likely N-dealkylation sites (N-methyl/N-ethyl adjacent to an activating group) is 1. The Morgan fingerprint density at radius 2 is 1.63 bits per heavy atom. The van der Waals surface area contributed by atoms with E-state index in [-0.39, 0.29) is 12.5 Å². The number of ether oxygens (including phenoxy) is 3. The number of rotatable bonds is 6. The molecular weight excluding hydrogens is 248 g/mol. The molecule has 6 nitrogen and oxygen atoms in total. The lowest BCUT2D eigenvalue weighted by Crippen LogP contribution is -2.28. The van der Waals surface area contributed by atoms with Gasteiger partial charge in [0.2, 0.25) is 5.91 Å². The van der Waals surface area contributed by atoms with Crippen molar-refractivity contribution in [3.05, 3.63) is 12.1 Å². The van der Waals surface area contributed by atoms with Crippen LogP contribution in [-0.4, -0.2) is 52.8 Å². The van der Waals surface area contributed by atoms with Gasteiger partial charge in [-0.2, -0.15) is 0 Å². The van der Waals surface area contributed by atoms with Crippen LogP contribution in [0.3, 0.4) is 0 Å². The van der Waals surface area contributed by atoms with E-state index in [2.05, 4.69) is 5.32 Å². The molecule has 1 N–H and O–H groups in total. The summed E-state index contributed by atoms with van der Waals surface area (Å²) in [6.45, 7) is 0.159. The normalized spacial score (nSPS) is 9.74. The van der Waals surface area contributed by atoms with E-state index < -0.39 is 0 Å². The molecule has 0 aliphatic carbocycles. The fourth-order valence-corrected chi connectivity index (χ4v) is 1.50. The van der Waals surface area contributed by atoms with Crippen molar-refractivity contribution in [3.8, 4) is 17.2 Å². The summed E-state index contributed by atoms with van der Waals surface area (Å²) < 4.78 is 15.7. The van der Waals surface area contributed by atoms with Gasteiger partial charge in [-0.15, -0.1) is 0 Å². The number of hydrogen-bond donors (Lipinski definition) is 1. The van der Waals surface area contributed by atoms with Gasteiger partial charge in [0.05, 0.1) is 27.9 Å². The molecule has 1 aromatic carbocycles. The first-order chi connectivity index (χ1) is 9.03. The molecule has 1 amide bonds. The number of hydrogen-bond acceptors (Lipinski definition) is 5. The summed E-state index contributed by atoms with van der Waals surface area (Å²) >= 11 is 0. The average molecular weight is 268 g/mol. The van der Waals surface area contributed by atoms with Gasteiger partial charge in [-0.05, 0) is 0 Å². The monoisotopic (exact) mass is 268 g/mol. The molecule has 106 valence electrons. The van der Waals surface area contributed by atoms with Gasteiger partial charge in [-0.3, -0.25) is 4.79 Å². The van der Waals surface area contributed by atoms with Crippen LogP contribution in [0.4, 0.5) is 5.69 Å². The topological polar surface area (TPSA) is 60.0 Å². The van der Waals surface area contributed by atoms with Crippen LogP contribution in [0.25, 0.3) is 0 Å². The Bertz CT molecular complexity index is 421. The first kappa shape index (κ1) is 14.9. The molecule has 0 fully saturated rings. The fraction of sp³-hybridized carbons (Fsp3) is 0.462. The van der Waals surface area contributed by atoms with Crippen LogP contribution in [0.5, 0.6) is 17.2 Å². The van der Waals surface area contributed by atoms with E-state index in [1.54, 1.807) is 47.6 Å². The predicted octanol–water partition coefficient (Wildman–Crippen LogP) is 1.21. The van der Waals surface area contributed by atoms with Crippen molar-refractivity contribution < 1.29 is 19.0 Å². The third-order valence-corrected chi connectivity index (χ3v) is 2.63. The van der Waals surface area contributed by atoms with Gasteiger partial charge >= 0.3 is 0 Å². The van der Waals surface area contributed by atoms with Crippen molar-refractivity contribution in [3.63, 3.8) is 0 Å². The van der Waals surface area contributed by atoms with Crippen molar-refractivity contribution in [2.75, 3.05) is 47.3 Å². The van der Waals surface area contributed by atoms with Crippen LogP contribution in [0.2, 0.25) is 0 Å². The van der Waals surface area contributed by atoms with Crippen molar-refractivity contribution >= 4 is 11.6 Å². The molecule has 1 rings (SSSR count). The summed E-state index contributed by atoms with van der Waals surface area (Å²) in [5.74, 6) is 1.70. The molecule has 0 unspecified atom stereocenters. The van der Waals surface area contributed by atoms with Gasteiger partial charge in [0.25, 0.3) is 0 Å². The maximum absolute atomic E-state index is 11.6. The Balaban J connectivity index is 3.00. The summed E-state index contributed by atoms with van der Waals surface area (Å²) in [6, 6.07) is 3.45. The van der Waals surface area contributed by atoms with E-state index in [0.29, 0.717) is 22.9 Å². The maximum atomic E-state index is 11.6. The average Bonchev–Trinajstić information content (AvgIpc) is 2.43. The number of carbonyl (C=O) groups excluding carboxylic acids is 1. The lowest BCUT2D eigenvalue weighted by Gasteiger charge is -2.17. The van der Waals surface area contributed by atoms with Crippen molar-refractivity contribution in [2.24, 2.45) is 0 Å². The third-order valence-electron chi connectivity index (χ3n) is 2.63. The molecule has 0 spiro atoms. The molecule has 0 saturated heterocycles. The van der Waals surface area contributed by atoms with E-state index in [0.717, 1.165) is 0 Å². The van der Waals surface area contributed by atoms with Crippen molar-refractivity contribution in [2.45, 2.75) is 0 Å². The SMILES string of the molecule is COc1cc(OC)c(NCC(=O)N(C)C)c(OC)c1. The number of methoxy groups -OCH3 is 3. The molecule has 19 heavy (non-hydrogen) atoms. The standard InChI is InChI=1S/C13H20N2O4/c1-15(2)12(16)8-14-13-10(18-4)6-9(17-3)7-11(13)19-5/h6-7,14H,8H2,1-5H3. The lowest BCUT2D eigenvalue weighted by atomic mass is 10.2. The number of amides is 1. The summed E-state index contributed by atoms with van der Waals surface area (Å²) in [5.41, 5.74) is 0.626. The number of nitrogens with zero attached hydrogens (tertiary/aromatic N) is 1. The summed E-state index contributed by atoms with van der Waals surface area (Å²) in [4.78, 5) is 13.1. The number of anilines is 1. The molecule has 0 atom stereocenters. The fourth-order valence-electron chi connectivity index (χ4n) is 1.50. The second-order valence-electron chi connectivity index (χ2n) is 4.05. The van der Waals surface area contributed by atoms with Crippen LogP contribution >= 0.6 is 0 Å². The summed E-state index contributed by atoms with van der Waals surface area (Å²) in [6.07, 6.45) is 0. The number of benzene rings is 1. The second-order valence-corrected chi connectivity index (χ2v) is 4.05. The highest BCUT2D eigenvalue weighted by Crippen LogP contribution is 2.38. The zero-order valence-corrected chi connectivity index (χ0v) is 11.9. The Labute approximate surface area is 113 Å². The van der Waals surface area contributed by atoms with Crippen LogP contribution in [0.1, 0.15) is 0 Å². The van der Waals surface area contributed by atoms with Gasteiger partial charge < -0.3 is 24.4 Å².